The third-order valence-corrected chi connectivity index (χ3v) is 4.48. The van der Waals surface area contributed by atoms with E-state index in [2.05, 4.69) is 4.98 Å². The van der Waals surface area contributed by atoms with E-state index in [9.17, 15) is 9.59 Å². The van der Waals surface area contributed by atoms with Gasteiger partial charge in [0, 0.05) is 24.3 Å². The van der Waals surface area contributed by atoms with Gasteiger partial charge in [-0.25, -0.2) is 9.78 Å². The number of fused-ring (bicyclic) bond motifs is 2. The van der Waals surface area contributed by atoms with E-state index >= 15 is 0 Å². The molecule has 0 bridgehead atoms. The van der Waals surface area contributed by atoms with Gasteiger partial charge in [0.05, 0.1) is 18.9 Å². The third-order valence-electron chi connectivity index (χ3n) is 4.48. The van der Waals surface area contributed by atoms with Gasteiger partial charge >= 0.3 is 5.97 Å². The maximum atomic E-state index is 12.3. The van der Waals surface area contributed by atoms with E-state index < -0.39 is 5.97 Å². The van der Waals surface area contributed by atoms with Crippen LogP contribution in [0.4, 0.5) is 0 Å². The van der Waals surface area contributed by atoms with Gasteiger partial charge in [-0.1, -0.05) is 12.1 Å². The van der Waals surface area contributed by atoms with Gasteiger partial charge < -0.3 is 14.2 Å². The summed E-state index contributed by atoms with van der Waals surface area (Å²) >= 11 is 0. The predicted molar refractivity (Wildman–Crippen MR) is 107 cm³/mol. The van der Waals surface area contributed by atoms with Gasteiger partial charge in [-0.15, -0.1) is 0 Å². The summed E-state index contributed by atoms with van der Waals surface area (Å²) in [7, 11) is 0. The van der Waals surface area contributed by atoms with Crippen LogP contribution in [0.5, 0.6) is 11.5 Å². The van der Waals surface area contributed by atoms with Crippen molar-refractivity contribution < 1.29 is 19.0 Å². The van der Waals surface area contributed by atoms with Crippen molar-refractivity contribution in [2.75, 3.05) is 13.2 Å². The second-order valence-corrected chi connectivity index (χ2v) is 6.64. The summed E-state index contributed by atoms with van der Waals surface area (Å²) in [5.74, 6) is 0.837. The highest BCUT2D eigenvalue weighted by Gasteiger charge is 2.10. The largest absolute Gasteiger partial charge is 0.490 e. The molecular weight excluding hydrogens is 372 g/mol. The van der Waals surface area contributed by atoms with Crippen molar-refractivity contribution in [1.82, 2.24) is 9.38 Å². The molecule has 0 radical (unpaired) electrons. The van der Waals surface area contributed by atoms with E-state index in [1.807, 2.05) is 37.3 Å². The van der Waals surface area contributed by atoms with Crippen LogP contribution in [0.25, 0.3) is 11.7 Å². The van der Waals surface area contributed by atoms with Gasteiger partial charge in [-0.2, -0.15) is 0 Å². The summed E-state index contributed by atoms with van der Waals surface area (Å²) in [6.07, 6.45) is 3.80. The van der Waals surface area contributed by atoms with Gasteiger partial charge in [0.15, 0.2) is 11.5 Å². The minimum absolute atomic E-state index is 0.0794. The van der Waals surface area contributed by atoms with Gasteiger partial charge in [0.25, 0.3) is 5.56 Å². The van der Waals surface area contributed by atoms with E-state index in [4.69, 9.17) is 14.2 Å². The lowest BCUT2D eigenvalue weighted by Gasteiger charge is -2.07. The predicted octanol–water partition coefficient (Wildman–Crippen LogP) is 2.92. The van der Waals surface area contributed by atoms with E-state index in [0.717, 1.165) is 17.7 Å². The maximum absolute atomic E-state index is 12.3. The van der Waals surface area contributed by atoms with Crippen molar-refractivity contribution in [3.63, 3.8) is 0 Å². The number of aromatic nitrogens is 2. The topological polar surface area (TPSA) is 79.1 Å². The Balaban J connectivity index is 1.42. The Labute approximate surface area is 167 Å². The number of aryl methyl sites for hydroxylation is 1. The van der Waals surface area contributed by atoms with Crippen LogP contribution in [0.1, 0.15) is 23.4 Å². The fourth-order valence-corrected chi connectivity index (χ4v) is 3.08. The molecule has 0 fully saturated rings. The van der Waals surface area contributed by atoms with Crippen molar-refractivity contribution >= 4 is 17.7 Å². The number of carbonyl (C=O) groups excluding carboxylic acids is 1. The maximum Gasteiger partial charge on any atom is 0.331 e. The molecule has 1 aromatic carbocycles. The van der Waals surface area contributed by atoms with Crippen LogP contribution in [-0.2, 0) is 16.1 Å². The molecule has 148 valence electrons. The minimum Gasteiger partial charge on any atom is -0.490 e. The Bertz CT molecular complexity index is 1150. The molecule has 1 aliphatic heterocycles. The molecule has 0 saturated heterocycles. The molecule has 0 saturated carbocycles. The molecule has 29 heavy (non-hydrogen) atoms. The quantitative estimate of drug-likeness (QED) is 0.502. The average Bonchev–Trinajstić information content (AvgIpc) is 2.95. The molecule has 0 aliphatic carbocycles. The highest BCUT2D eigenvalue weighted by Crippen LogP contribution is 2.30. The summed E-state index contributed by atoms with van der Waals surface area (Å²) in [5.41, 5.74) is 2.30. The lowest BCUT2D eigenvalue weighted by molar-refractivity contribution is -0.139. The van der Waals surface area contributed by atoms with Gasteiger partial charge in [0.2, 0.25) is 0 Å². The first-order valence-electron chi connectivity index (χ1n) is 9.33. The van der Waals surface area contributed by atoms with Crippen molar-refractivity contribution in [3.05, 3.63) is 75.8 Å². The first-order chi connectivity index (χ1) is 14.1. The van der Waals surface area contributed by atoms with E-state index in [0.29, 0.717) is 36.1 Å². The number of rotatable bonds is 4. The summed E-state index contributed by atoms with van der Waals surface area (Å²) in [6.45, 7) is 2.98. The summed E-state index contributed by atoms with van der Waals surface area (Å²) < 4.78 is 18.0. The number of hydrogen-bond acceptors (Lipinski definition) is 6. The summed E-state index contributed by atoms with van der Waals surface area (Å²) in [5, 5.41) is 0. The fourth-order valence-electron chi connectivity index (χ4n) is 3.08. The van der Waals surface area contributed by atoms with Crippen LogP contribution in [0.15, 0.2) is 53.3 Å². The Morgan fingerprint density at radius 1 is 1.17 bits per heavy atom. The molecule has 1 aliphatic rings. The Morgan fingerprint density at radius 2 is 2.00 bits per heavy atom. The molecule has 7 heteroatoms. The van der Waals surface area contributed by atoms with Crippen LogP contribution in [0, 0.1) is 6.92 Å². The monoisotopic (exact) mass is 392 g/mol. The van der Waals surface area contributed by atoms with Crippen molar-refractivity contribution in [2.45, 2.75) is 20.0 Å². The molecule has 0 atom stereocenters. The van der Waals surface area contributed by atoms with Crippen LogP contribution in [0.2, 0.25) is 0 Å². The van der Waals surface area contributed by atoms with Gasteiger partial charge in [0.1, 0.15) is 12.3 Å². The van der Waals surface area contributed by atoms with Gasteiger partial charge in [-0.3, -0.25) is 9.20 Å². The van der Waals surface area contributed by atoms with Crippen molar-refractivity contribution in [2.24, 2.45) is 0 Å². The SMILES string of the molecule is Cc1cccc2nc(COC(=O)/C=C/c3ccc4c(c3)OCCCO4)cc(=O)n12. The fraction of sp³-hybridized carbons (Fsp3) is 0.227. The zero-order chi connectivity index (χ0) is 20.2. The zero-order valence-electron chi connectivity index (χ0n) is 16.0. The molecule has 4 rings (SSSR count). The Morgan fingerprint density at radius 3 is 2.86 bits per heavy atom. The number of hydrogen-bond donors (Lipinski definition) is 0. The third kappa shape index (κ3) is 4.29. The van der Waals surface area contributed by atoms with Crippen LogP contribution in [0.3, 0.4) is 0 Å². The molecule has 3 aromatic rings. The molecule has 0 unspecified atom stereocenters. The summed E-state index contributed by atoms with van der Waals surface area (Å²) in [6, 6.07) is 12.2. The highest BCUT2D eigenvalue weighted by molar-refractivity contribution is 5.87. The number of benzene rings is 1. The smallest absolute Gasteiger partial charge is 0.331 e. The minimum atomic E-state index is -0.525. The van der Waals surface area contributed by atoms with Crippen LogP contribution >= 0.6 is 0 Å². The van der Waals surface area contributed by atoms with E-state index in [-0.39, 0.29) is 12.2 Å². The highest BCUT2D eigenvalue weighted by atomic mass is 16.5. The Kier molecular flexibility index (Phi) is 5.29. The van der Waals surface area contributed by atoms with E-state index in [1.54, 1.807) is 12.1 Å². The Hall–Kier alpha value is -3.61. The van der Waals surface area contributed by atoms with Crippen molar-refractivity contribution in [3.8, 4) is 11.5 Å². The van der Waals surface area contributed by atoms with Gasteiger partial charge in [-0.05, 0) is 42.8 Å². The number of esters is 1. The molecule has 0 amide bonds. The number of ether oxygens (including phenoxy) is 3. The lowest BCUT2D eigenvalue weighted by Crippen LogP contribution is -2.18. The number of pyridine rings is 1. The van der Waals surface area contributed by atoms with Crippen molar-refractivity contribution in [1.29, 1.82) is 0 Å². The number of nitrogens with zero attached hydrogens (tertiary/aromatic N) is 2. The average molecular weight is 392 g/mol. The molecule has 0 spiro atoms. The normalized spacial score (nSPS) is 13.4. The summed E-state index contributed by atoms with van der Waals surface area (Å²) in [4.78, 5) is 28.7. The second-order valence-electron chi connectivity index (χ2n) is 6.64. The molecule has 2 aromatic heterocycles. The zero-order valence-corrected chi connectivity index (χ0v) is 16.0. The second kappa shape index (κ2) is 8.18. The lowest BCUT2D eigenvalue weighted by atomic mass is 10.2. The molecule has 0 N–H and O–H groups in total. The first kappa shape index (κ1) is 18.7. The van der Waals surface area contributed by atoms with Crippen LogP contribution in [-0.4, -0.2) is 28.6 Å². The van der Waals surface area contributed by atoms with E-state index in [1.165, 1.54) is 16.5 Å². The standard InChI is InChI=1S/C22H20N2O5/c1-15-4-2-5-20-23-17(13-21(25)24(15)20)14-29-22(26)9-7-16-6-8-18-19(12-16)28-11-3-10-27-18/h2,4-9,12-13H,3,10-11,14H2,1H3/b9-7+. The molecular formula is C22H20N2O5. The molecule has 7 nitrogen and oxygen atoms in total. The number of carbonyl (C=O) groups is 1. The first-order valence-corrected chi connectivity index (χ1v) is 9.33. The molecule has 3 heterocycles. The van der Waals surface area contributed by atoms with Crippen LogP contribution < -0.4 is 15.0 Å².